The van der Waals surface area contributed by atoms with E-state index in [0.29, 0.717) is 10.0 Å². The zero-order valence-corrected chi connectivity index (χ0v) is 19.2. The topological polar surface area (TPSA) is 53.2 Å². The molecule has 0 aliphatic carbocycles. The van der Waals surface area contributed by atoms with Crippen LogP contribution in [0, 0.1) is 0 Å². The van der Waals surface area contributed by atoms with E-state index < -0.39 is 15.9 Å². The summed E-state index contributed by atoms with van der Waals surface area (Å²) in [5.41, 5.74) is 1.13. The fourth-order valence-electron chi connectivity index (χ4n) is 1.91. The average Bonchev–Trinajstić information content (AvgIpc) is 2.56. The highest BCUT2D eigenvalue weighted by atomic mass is 79.9. The highest BCUT2D eigenvalue weighted by molar-refractivity contribution is 9.11. The molecule has 2 aromatic rings. The van der Waals surface area contributed by atoms with E-state index in [4.69, 9.17) is 47.0 Å². The number of carbonyl (C=O) groups is 1. The first-order valence-corrected chi connectivity index (χ1v) is 10.3. The lowest BCUT2D eigenvalue weighted by Gasteiger charge is -2.28. The molecule has 0 heterocycles. The van der Waals surface area contributed by atoms with Gasteiger partial charge in [-0.05, 0) is 68.3 Å². The SMILES string of the molecule is O=C(N[C@H](NC(=S)Nc1ccccc1Br)C(Cl)(Cl)Cl)c1ccccc1Br. The molecule has 3 N–H and O–H groups in total. The molecule has 2 aromatic carbocycles. The summed E-state index contributed by atoms with van der Waals surface area (Å²) >= 11 is 30.0. The summed E-state index contributed by atoms with van der Waals surface area (Å²) in [7, 11) is 0. The van der Waals surface area contributed by atoms with Crippen molar-refractivity contribution in [3.8, 4) is 0 Å². The van der Waals surface area contributed by atoms with Crippen molar-refractivity contribution in [3.63, 3.8) is 0 Å². The van der Waals surface area contributed by atoms with Crippen LogP contribution in [0.1, 0.15) is 10.4 Å². The van der Waals surface area contributed by atoms with Gasteiger partial charge in [-0.25, -0.2) is 0 Å². The third-order valence-electron chi connectivity index (χ3n) is 3.12. The van der Waals surface area contributed by atoms with Gasteiger partial charge in [-0.1, -0.05) is 59.1 Å². The maximum absolute atomic E-state index is 12.5. The minimum Gasteiger partial charge on any atom is -0.339 e. The van der Waals surface area contributed by atoms with Gasteiger partial charge in [0.05, 0.1) is 11.3 Å². The van der Waals surface area contributed by atoms with E-state index in [1.165, 1.54) is 0 Å². The van der Waals surface area contributed by atoms with E-state index in [0.717, 1.165) is 10.2 Å². The molecule has 0 aromatic heterocycles. The number of rotatable bonds is 4. The van der Waals surface area contributed by atoms with Crippen molar-refractivity contribution >= 4 is 95.6 Å². The largest absolute Gasteiger partial charge is 0.339 e. The number of hydrogen-bond donors (Lipinski definition) is 3. The Morgan fingerprint density at radius 3 is 2.12 bits per heavy atom. The Bertz CT molecular complexity index is 817. The molecule has 0 saturated carbocycles. The Balaban J connectivity index is 2.10. The first-order chi connectivity index (χ1) is 12.2. The van der Waals surface area contributed by atoms with Crippen LogP contribution in [-0.2, 0) is 0 Å². The lowest BCUT2D eigenvalue weighted by Crippen LogP contribution is -2.56. The zero-order chi connectivity index (χ0) is 19.3. The van der Waals surface area contributed by atoms with E-state index >= 15 is 0 Å². The van der Waals surface area contributed by atoms with Crippen LogP contribution in [0.15, 0.2) is 57.5 Å². The van der Waals surface area contributed by atoms with Crippen LogP contribution in [0.4, 0.5) is 5.69 Å². The summed E-state index contributed by atoms with van der Waals surface area (Å²) in [4.78, 5) is 12.5. The van der Waals surface area contributed by atoms with E-state index in [2.05, 4.69) is 47.8 Å². The number of nitrogens with one attached hydrogen (secondary N) is 3. The van der Waals surface area contributed by atoms with Gasteiger partial charge in [0.2, 0.25) is 3.79 Å². The lowest BCUT2D eigenvalue weighted by atomic mass is 10.2. The fourth-order valence-corrected chi connectivity index (χ4v) is 3.31. The number of benzene rings is 2. The molecule has 0 spiro atoms. The number of amides is 1. The van der Waals surface area contributed by atoms with E-state index in [-0.39, 0.29) is 5.11 Å². The van der Waals surface area contributed by atoms with Crippen molar-refractivity contribution in [2.24, 2.45) is 0 Å². The summed E-state index contributed by atoms with van der Waals surface area (Å²) < 4.78 is -0.405. The molecule has 0 aliphatic rings. The molecule has 10 heteroatoms. The second kappa shape index (κ2) is 9.57. The van der Waals surface area contributed by atoms with E-state index in [9.17, 15) is 4.79 Å². The molecule has 26 heavy (non-hydrogen) atoms. The standard InChI is InChI=1S/C16H12Br2Cl3N3OS/c17-10-6-2-1-5-9(10)13(25)23-14(16(19,20)21)24-15(26)22-12-8-4-3-7-11(12)18/h1-8,14H,(H,23,25)(H2,22,24,26)/t14-/m1/s1. The first kappa shape index (κ1) is 21.7. The fraction of sp³-hybridized carbons (Fsp3) is 0.125. The predicted octanol–water partition coefficient (Wildman–Crippen LogP) is 5.62. The van der Waals surface area contributed by atoms with Gasteiger partial charge in [0, 0.05) is 8.95 Å². The zero-order valence-electron chi connectivity index (χ0n) is 12.9. The molecule has 138 valence electrons. The average molecular weight is 561 g/mol. The van der Waals surface area contributed by atoms with Gasteiger partial charge in [0.25, 0.3) is 5.91 Å². The van der Waals surface area contributed by atoms with Crippen LogP contribution >= 0.6 is 78.9 Å². The van der Waals surface area contributed by atoms with Crippen LogP contribution < -0.4 is 16.0 Å². The molecule has 4 nitrogen and oxygen atoms in total. The van der Waals surface area contributed by atoms with Crippen molar-refractivity contribution in [1.82, 2.24) is 10.6 Å². The summed E-state index contributed by atoms with van der Waals surface area (Å²) in [5.74, 6) is -0.426. The van der Waals surface area contributed by atoms with Crippen LogP contribution in [-0.4, -0.2) is 21.0 Å². The number of thiocarbonyl (C=S) groups is 1. The summed E-state index contributed by atoms with van der Waals surface area (Å²) in [6.45, 7) is 0. The third kappa shape index (κ3) is 6.25. The Labute approximate surface area is 188 Å². The minimum atomic E-state index is -1.84. The Morgan fingerprint density at radius 1 is 0.962 bits per heavy atom. The maximum Gasteiger partial charge on any atom is 0.254 e. The highest BCUT2D eigenvalue weighted by Gasteiger charge is 2.35. The van der Waals surface area contributed by atoms with Gasteiger partial charge in [-0.3, -0.25) is 4.79 Å². The van der Waals surface area contributed by atoms with Crippen molar-refractivity contribution in [2.45, 2.75) is 9.96 Å². The van der Waals surface area contributed by atoms with Crippen LogP contribution in [0.2, 0.25) is 0 Å². The summed E-state index contributed by atoms with van der Waals surface area (Å²) in [6.07, 6.45) is -1.06. The summed E-state index contributed by atoms with van der Waals surface area (Å²) in [5, 5.41) is 8.59. The molecule has 0 aliphatic heterocycles. The van der Waals surface area contributed by atoms with Crippen LogP contribution in [0.5, 0.6) is 0 Å². The molecule has 1 amide bonds. The Kier molecular flexibility index (Phi) is 8.00. The summed E-state index contributed by atoms with van der Waals surface area (Å²) in [6, 6.07) is 14.3. The molecule has 0 bridgehead atoms. The van der Waals surface area contributed by atoms with Gasteiger partial charge in [0.1, 0.15) is 6.17 Å². The van der Waals surface area contributed by atoms with Gasteiger partial charge in [-0.2, -0.15) is 0 Å². The van der Waals surface area contributed by atoms with Crippen molar-refractivity contribution < 1.29 is 4.79 Å². The van der Waals surface area contributed by atoms with Gasteiger partial charge >= 0.3 is 0 Å². The number of carbonyl (C=O) groups excluding carboxylic acids is 1. The lowest BCUT2D eigenvalue weighted by molar-refractivity contribution is 0.0934. The minimum absolute atomic E-state index is 0.181. The molecular weight excluding hydrogens is 548 g/mol. The molecular formula is C16H12Br2Cl3N3OS. The third-order valence-corrected chi connectivity index (χ3v) is 5.38. The Hall–Kier alpha value is -0.570. The van der Waals surface area contributed by atoms with Gasteiger partial charge < -0.3 is 16.0 Å². The smallest absolute Gasteiger partial charge is 0.254 e. The van der Waals surface area contributed by atoms with Crippen molar-refractivity contribution in [3.05, 3.63) is 63.0 Å². The molecule has 2 rings (SSSR count). The monoisotopic (exact) mass is 557 g/mol. The molecule has 1 atom stereocenters. The van der Waals surface area contributed by atoms with Crippen LogP contribution in [0.3, 0.4) is 0 Å². The molecule has 0 radical (unpaired) electrons. The number of hydrogen-bond acceptors (Lipinski definition) is 2. The molecule has 0 unspecified atom stereocenters. The number of alkyl halides is 3. The normalized spacial score (nSPS) is 12.2. The van der Waals surface area contributed by atoms with Gasteiger partial charge in [-0.15, -0.1) is 0 Å². The molecule has 0 saturated heterocycles. The number of para-hydroxylation sites is 1. The van der Waals surface area contributed by atoms with Crippen molar-refractivity contribution in [2.75, 3.05) is 5.32 Å². The number of halogens is 5. The number of anilines is 1. The van der Waals surface area contributed by atoms with E-state index in [1.54, 1.807) is 24.3 Å². The molecule has 0 fully saturated rings. The second-order valence-electron chi connectivity index (χ2n) is 5.01. The second-order valence-corrected chi connectivity index (χ2v) is 9.49. The predicted molar refractivity (Wildman–Crippen MR) is 119 cm³/mol. The first-order valence-electron chi connectivity index (χ1n) is 7.12. The highest BCUT2D eigenvalue weighted by Crippen LogP contribution is 2.30. The maximum atomic E-state index is 12.5. The Morgan fingerprint density at radius 2 is 1.54 bits per heavy atom. The van der Waals surface area contributed by atoms with Crippen LogP contribution in [0.25, 0.3) is 0 Å². The quantitative estimate of drug-likeness (QED) is 0.258. The van der Waals surface area contributed by atoms with Gasteiger partial charge in [0.15, 0.2) is 5.11 Å². The van der Waals surface area contributed by atoms with E-state index in [1.807, 2.05) is 24.3 Å². The van der Waals surface area contributed by atoms with Crippen molar-refractivity contribution in [1.29, 1.82) is 0 Å².